The summed E-state index contributed by atoms with van der Waals surface area (Å²) >= 11 is 0. The van der Waals surface area contributed by atoms with Crippen molar-refractivity contribution in [1.29, 1.82) is 0 Å². The highest BCUT2D eigenvalue weighted by atomic mass is 32.2. The van der Waals surface area contributed by atoms with Crippen LogP contribution in [-0.2, 0) is 32.6 Å². The average molecular weight is 599 g/mol. The van der Waals surface area contributed by atoms with E-state index in [2.05, 4.69) is 5.32 Å². The number of sulfonamides is 1. The monoisotopic (exact) mass is 598 g/mol. The van der Waals surface area contributed by atoms with Crippen molar-refractivity contribution in [3.63, 3.8) is 0 Å². The second-order valence-corrected chi connectivity index (χ2v) is 12.0. The van der Waals surface area contributed by atoms with Gasteiger partial charge in [-0.1, -0.05) is 61.5 Å². The van der Waals surface area contributed by atoms with Gasteiger partial charge in [-0.2, -0.15) is 0 Å². The first-order valence-corrected chi connectivity index (χ1v) is 15.3. The molecule has 0 aliphatic rings. The summed E-state index contributed by atoms with van der Waals surface area (Å²) in [4.78, 5) is 39.7. The van der Waals surface area contributed by atoms with E-state index in [4.69, 9.17) is 0 Å². The predicted molar refractivity (Wildman–Crippen MR) is 159 cm³/mol. The zero-order valence-corrected chi connectivity index (χ0v) is 24.8. The molecule has 0 heterocycles. The van der Waals surface area contributed by atoms with Crippen LogP contribution < -0.4 is 9.62 Å². The van der Waals surface area contributed by atoms with Crippen LogP contribution in [0.1, 0.15) is 37.0 Å². The third-order valence-electron chi connectivity index (χ3n) is 6.92. The number of anilines is 1. The Morgan fingerprint density at radius 1 is 1.05 bits per heavy atom. The summed E-state index contributed by atoms with van der Waals surface area (Å²) in [5, 5.41) is 14.3. The number of rotatable bonds is 13. The summed E-state index contributed by atoms with van der Waals surface area (Å²) in [5.41, 5.74) is 0.861. The van der Waals surface area contributed by atoms with E-state index >= 15 is 0 Å². The largest absolute Gasteiger partial charge is 0.352 e. The summed E-state index contributed by atoms with van der Waals surface area (Å²) in [6.07, 6.45) is 1.59. The lowest BCUT2D eigenvalue weighted by molar-refractivity contribution is -0.384. The van der Waals surface area contributed by atoms with Crippen LogP contribution in [0.3, 0.4) is 0 Å². The minimum atomic E-state index is -4.13. The summed E-state index contributed by atoms with van der Waals surface area (Å²) in [6.45, 7) is 4.19. The lowest BCUT2D eigenvalue weighted by Gasteiger charge is -2.34. The Balaban J connectivity index is 2.12. The normalized spacial score (nSPS) is 12.7. The molecular formula is C30H35FN4O6S. The van der Waals surface area contributed by atoms with Crippen LogP contribution in [0.2, 0.25) is 0 Å². The van der Waals surface area contributed by atoms with Gasteiger partial charge in [-0.15, -0.1) is 0 Å². The van der Waals surface area contributed by atoms with Gasteiger partial charge in [-0.3, -0.25) is 24.0 Å². The molecular weight excluding hydrogens is 563 g/mol. The molecule has 0 aliphatic carbocycles. The maximum atomic E-state index is 14.9. The van der Waals surface area contributed by atoms with Gasteiger partial charge >= 0.3 is 0 Å². The number of nitrogens with zero attached hydrogens (tertiary/aromatic N) is 3. The number of non-ortho nitro benzene ring substituents is 1. The van der Waals surface area contributed by atoms with E-state index in [1.165, 1.54) is 35.2 Å². The molecule has 3 aromatic carbocycles. The zero-order valence-electron chi connectivity index (χ0n) is 24.0. The fourth-order valence-corrected chi connectivity index (χ4v) is 5.28. The molecule has 224 valence electrons. The molecule has 0 saturated carbocycles. The van der Waals surface area contributed by atoms with Crippen molar-refractivity contribution in [2.75, 3.05) is 17.1 Å². The number of nitro benzene ring substituents is 1. The first kappa shape index (κ1) is 32.2. The van der Waals surface area contributed by atoms with E-state index in [1.807, 2.05) is 19.9 Å². The molecule has 12 heteroatoms. The minimum Gasteiger partial charge on any atom is -0.352 e. The molecule has 0 aliphatic heterocycles. The fourth-order valence-electron chi connectivity index (χ4n) is 4.38. The van der Waals surface area contributed by atoms with Crippen LogP contribution in [0.4, 0.5) is 15.8 Å². The van der Waals surface area contributed by atoms with Gasteiger partial charge in [0.05, 0.1) is 16.9 Å². The molecule has 42 heavy (non-hydrogen) atoms. The van der Waals surface area contributed by atoms with E-state index in [0.717, 1.165) is 22.2 Å². The highest BCUT2D eigenvalue weighted by molar-refractivity contribution is 7.92. The Labute approximate surface area is 245 Å². The molecule has 0 aromatic heterocycles. The molecule has 0 unspecified atom stereocenters. The van der Waals surface area contributed by atoms with Crippen molar-refractivity contribution in [3.05, 3.63) is 105 Å². The summed E-state index contributed by atoms with van der Waals surface area (Å²) in [5.74, 6) is -1.85. The summed E-state index contributed by atoms with van der Waals surface area (Å²) < 4.78 is 41.5. The third-order valence-corrected chi connectivity index (χ3v) is 8.05. The van der Waals surface area contributed by atoms with Crippen molar-refractivity contribution in [3.8, 4) is 0 Å². The van der Waals surface area contributed by atoms with Gasteiger partial charge < -0.3 is 10.2 Å². The molecule has 10 nitrogen and oxygen atoms in total. The predicted octanol–water partition coefficient (Wildman–Crippen LogP) is 4.36. The lowest BCUT2D eigenvalue weighted by Crippen LogP contribution is -2.54. The highest BCUT2D eigenvalue weighted by Crippen LogP contribution is 2.28. The number of aryl methyl sites for hydroxylation is 1. The number of nitro groups is 1. The first-order valence-electron chi connectivity index (χ1n) is 13.4. The zero-order chi connectivity index (χ0) is 31.0. The fraction of sp³-hybridized carbons (Fsp3) is 0.333. The Kier molecular flexibility index (Phi) is 10.8. The molecule has 0 radical (unpaired) electrons. The van der Waals surface area contributed by atoms with Gasteiger partial charge in [-0.05, 0) is 37.5 Å². The minimum absolute atomic E-state index is 0.0467. The van der Waals surface area contributed by atoms with Gasteiger partial charge in [-0.25, -0.2) is 12.8 Å². The molecule has 0 saturated heterocycles. The van der Waals surface area contributed by atoms with E-state index in [9.17, 15) is 32.5 Å². The van der Waals surface area contributed by atoms with Crippen molar-refractivity contribution < 1.29 is 27.3 Å². The first-order chi connectivity index (χ1) is 19.8. The maximum Gasteiger partial charge on any atom is 0.271 e. The van der Waals surface area contributed by atoms with Crippen LogP contribution in [0.5, 0.6) is 0 Å². The van der Waals surface area contributed by atoms with Crippen LogP contribution in [0, 0.1) is 22.9 Å². The average Bonchev–Trinajstić information content (AvgIpc) is 2.94. The number of nitrogens with one attached hydrogen (secondary N) is 1. The van der Waals surface area contributed by atoms with Gasteiger partial charge in [0.2, 0.25) is 21.8 Å². The molecule has 0 bridgehead atoms. The van der Waals surface area contributed by atoms with Crippen molar-refractivity contribution in [1.82, 2.24) is 10.2 Å². The number of benzene rings is 3. The van der Waals surface area contributed by atoms with E-state index in [-0.39, 0.29) is 35.9 Å². The van der Waals surface area contributed by atoms with Crippen molar-refractivity contribution >= 4 is 33.2 Å². The number of halogens is 1. The molecule has 3 rings (SSSR count). The Hall–Kier alpha value is -4.32. The Bertz CT molecular complexity index is 1530. The number of carbonyl (C=O) groups excluding carboxylic acids is 2. The summed E-state index contributed by atoms with van der Waals surface area (Å²) in [6, 6.07) is 17.2. The van der Waals surface area contributed by atoms with Gasteiger partial charge in [0.1, 0.15) is 18.4 Å². The van der Waals surface area contributed by atoms with Gasteiger partial charge in [0.15, 0.2) is 0 Å². The van der Waals surface area contributed by atoms with Crippen LogP contribution in [0.25, 0.3) is 0 Å². The topological polar surface area (TPSA) is 130 Å². The van der Waals surface area contributed by atoms with Crippen molar-refractivity contribution in [2.45, 2.75) is 52.2 Å². The molecule has 0 spiro atoms. The third kappa shape index (κ3) is 8.35. The van der Waals surface area contributed by atoms with Crippen LogP contribution in [-0.4, -0.2) is 54.9 Å². The van der Waals surface area contributed by atoms with Crippen molar-refractivity contribution in [2.24, 2.45) is 0 Å². The number of hydrogen-bond acceptors (Lipinski definition) is 6. The van der Waals surface area contributed by atoms with E-state index < -0.39 is 45.2 Å². The smallest absolute Gasteiger partial charge is 0.271 e. The SMILES string of the molecule is CC[C@@H](C)NC(=O)[C@@H](Cc1ccccc1)N(Cc1ccccc1F)C(=O)CN(c1cc([N+](=O)[O-])ccc1C)S(C)(=O)=O. The van der Waals surface area contributed by atoms with Gasteiger partial charge in [0.25, 0.3) is 5.69 Å². The highest BCUT2D eigenvalue weighted by Gasteiger charge is 2.34. The second kappa shape index (κ2) is 14.0. The molecule has 3 aromatic rings. The number of amides is 2. The van der Waals surface area contributed by atoms with E-state index in [1.54, 1.807) is 37.3 Å². The molecule has 0 fully saturated rings. The second-order valence-electron chi connectivity index (χ2n) is 10.1. The van der Waals surface area contributed by atoms with E-state index in [0.29, 0.717) is 12.0 Å². The maximum absolute atomic E-state index is 14.9. The van der Waals surface area contributed by atoms with Crippen LogP contribution in [0.15, 0.2) is 72.8 Å². The number of hydrogen-bond donors (Lipinski definition) is 1. The lowest BCUT2D eigenvalue weighted by atomic mass is 10.0. The standard InChI is InChI=1S/C30H35FN4O6S/c1-5-22(3)32-30(37)28(17-23-11-7-6-8-12-23)33(19-24-13-9-10-14-26(24)31)29(36)20-34(42(4,40)41)27-18-25(35(38)39)16-15-21(27)2/h6-16,18,22,28H,5,17,19-20H2,1-4H3,(H,32,37)/t22-,28-/m1/s1. The Morgan fingerprint density at radius 2 is 1.69 bits per heavy atom. The van der Waals surface area contributed by atoms with Gasteiger partial charge in [0, 0.05) is 36.7 Å². The molecule has 2 amide bonds. The number of carbonyl (C=O) groups is 2. The summed E-state index contributed by atoms with van der Waals surface area (Å²) in [7, 11) is -4.13. The Morgan fingerprint density at radius 3 is 2.29 bits per heavy atom. The molecule has 1 N–H and O–H groups in total. The quantitative estimate of drug-likeness (QED) is 0.230. The molecule has 2 atom stereocenters. The van der Waals surface area contributed by atoms with Crippen LogP contribution >= 0.6 is 0 Å².